The van der Waals surface area contributed by atoms with E-state index in [1.54, 1.807) is 29.2 Å². The summed E-state index contributed by atoms with van der Waals surface area (Å²) in [5.41, 5.74) is 2.94. The molecule has 2 aromatic carbocycles. The molecule has 1 fully saturated rings. The molecule has 4 aromatic rings. The first kappa shape index (κ1) is 20.4. The van der Waals surface area contributed by atoms with Gasteiger partial charge in [-0.25, -0.2) is 9.67 Å². The minimum atomic E-state index is -0.316. The van der Waals surface area contributed by atoms with E-state index >= 15 is 0 Å². The number of amides is 2. The zero-order valence-electron chi connectivity index (χ0n) is 17.6. The Bertz CT molecular complexity index is 1430. The average molecular weight is 440 g/mol. The molecule has 1 aliphatic rings. The molecule has 3 heterocycles. The van der Waals surface area contributed by atoms with E-state index in [4.69, 9.17) is 0 Å². The van der Waals surface area contributed by atoms with Crippen LogP contribution in [-0.4, -0.2) is 38.1 Å². The van der Waals surface area contributed by atoms with E-state index in [0.29, 0.717) is 28.8 Å². The van der Waals surface area contributed by atoms with Gasteiger partial charge in [0.15, 0.2) is 5.65 Å². The summed E-state index contributed by atoms with van der Waals surface area (Å²) >= 11 is 0. The molecule has 164 valence electrons. The first-order valence-electron chi connectivity index (χ1n) is 10.5. The molecular formula is C24H20N6O3. The van der Waals surface area contributed by atoms with Gasteiger partial charge in [-0.05, 0) is 42.3 Å². The third-order valence-corrected chi connectivity index (χ3v) is 5.47. The summed E-state index contributed by atoms with van der Waals surface area (Å²) in [5, 5.41) is 7.49. The van der Waals surface area contributed by atoms with Gasteiger partial charge in [-0.1, -0.05) is 24.3 Å². The molecule has 2 N–H and O–H groups in total. The highest BCUT2D eigenvalue weighted by Crippen LogP contribution is 2.23. The summed E-state index contributed by atoms with van der Waals surface area (Å²) < 4.78 is 1.52. The average Bonchev–Trinajstić information content (AvgIpc) is 3.46. The normalized spacial score (nSPS) is 13.8. The molecule has 0 saturated carbocycles. The quantitative estimate of drug-likeness (QED) is 0.464. The first-order valence-corrected chi connectivity index (χ1v) is 10.5. The van der Waals surface area contributed by atoms with Crippen molar-refractivity contribution in [2.24, 2.45) is 0 Å². The van der Waals surface area contributed by atoms with Crippen molar-refractivity contribution in [2.75, 3.05) is 16.8 Å². The fourth-order valence-corrected chi connectivity index (χ4v) is 3.83. The Hall–Kier alpha value is -4.53. The number of carbonyl (C=O) groups is 2. The van der Waals surface area contributed by atoms with Gasteiger partial charge in [0.25, 0.3) is 5.56 Å². The number of hydrogen-bond acceptors (Lipinski definition) is 5. The molecule has 0 unspecified atom stereocenters. The number of fused-ring (bicyclic) bond motifs is 1. The lowest BCUT2D eigenvalue weighted by Crippen LogP contribution is -2.23. The van der Waals surface area contributed by atoms with Crippen LogP contribution in [0.2, 0.25) is 0 Å². The molecule has 0 spiro atoms. The highest BCUT2D eigenvalue weighted by molar-refractivity contribution is 6.03. The van der Waals surface area contributed by atoms with Crippen molar-refractivity contribution in [2.45, 2.75) is 12.8 Å². The number of rotatable bonds is 5. The Morgan fingerprint density at radius 2 is 1.91 bits per heavy atom. The lowest BCUT2D eigenvalue weighted by atomic mass is 10.2. The molecule has 33 heavy (non-hydrogen) atoms. The number of nitrogens with zero attached hydrogens (tertiary/aromatic N) is 4. The van der Waals surface area contributed by atoms with Gasteiger partial charge in [0.05, 0.1) is 23.9 Å². The summed E-state index contributed by atoms with van der Waals surface area (Å²) in [6.07, 6.45) is 7.37. The first-order chi connectivity index (χ1) is 16.1. The highest BCUT2D eigenvalue weighted by atomic mass is 16.2. The van der Waals surface area contributed by atoms with Gasteiger partial charge in [-0.15, -0.1) is 0 Å². The number of aromatic amines is 1. The molecule has 0 radical (unpaired) electrons. The smallest absolute Gasteiger partial charge is 0.261 e. The number of hydrogen-bond donors (Lipinski definition) is 2. The largest absolute Gasteiger partial charge is 0.321 e. The van der Waals surface area contributed by atoms with Gasteiger partial charge in [-0.3, -0.25) is 14.4 Å². The van der Waals surface area contributed by atoms with E-state index in [9.17, 15) is 14.4 Å². The van der Waals surface area contributed by atoms with Crippen LogP contribution in [0.3, 0.4) is 0 Å². The Labute approximate surface area is 188 Å². The highest BCUT2D eigenvalue weighted by Gasteiger charge is 2.21. The van der Waals surface area contributed by atoms with Gasteiger partial charge < -0.3 is 15.2 Å². The van der Waals surface area contributed by atoms with Gasteiger partial charge in [0, 0.05) is 24.7 Å². The number of benzene rings is 2. The van der Waals surface area contributed by atoms with E-state index in [2.05, 4.69) is 20.4 Å². The van der Waals surface area contributed by atoms with Crippen LogP contribution in [0, 0.1) is 0 Å². The van der Waals surface area contributed by atoms with Crippen LogP contribution >= 0.6 is 0 Å². The topological polar surface area (TPSA) is 113 Å². The minimum Gasteiger partial charge on any atom is -0.321 e. The fraction of sp³-hybridized carbons (Fsp3) is 0.125. The number of anilines is 2. The third kappa shape index (κ3) is 4.03. The molecule has 1 aliphatic heterocycles. The lowest BCUT2D eigenvalue weighted by Gasteiger charge is -2.15. The Morgan fingerprint density at radius 1 is 1.09 bits per heavy atom. The van der Waals surface area contributed by atoms with Crippen LogP contribution in [0.15, 0.2) is 71.9 Å². The zero-order chi connectivity index (χ0) is 22.8. The second-order valence-corrected chi connectivity index (χ2v) is 7.61. The maximum atomic E-state index is 12.6. The predicted octanol–water partition coefficient (Wildman–Crippen LogP) is 2.89. The predicted molar refractivity (Wildman–Crippen MR) is 125 cm³/mol. The van der Waals surface area contributed by atoms with Gasteiger partial charge in [0.1, 0.15) is 5.39 Å². The van der Waals surface area contributed by atoms with Crippen molar-refractivity contribution in [1.82, 2.24) is 19.7 Å². The number of H-pyrrole nitrogens is 1. The molecule has 0 bridgehead atoms. The van der Waals surface area contributed by atoms with E-state index in [1.807, 2.05) is 30.3 Å². The molecular weight excluding hydrogens is 420 g/mol. The molecule has 0 atom stereocenters. The molecule has 1 saturated heterocycles. The minimum absolute atomic E-state index is 0.140. The summed E-state index contributed by atoms with van der Waals surface area (Å²) in [6.45, 7) is 0.741. The second-order valence-electron chi connectivity index (χ2n) is 7.61. The van der Waals surface area contributed by atoms with Gasteiger partial charge in [0.2, 0.25) is 11.8 Å². The molecule has 5 rings (SSSR count). The van der Waals surface area contributed by atoms with E-state index < -0.39 is 0 Å². The van der Waals surface area contributed by atoms with E-state index in [0.717, 1.165) is 24.2 Å². The summed E-state index contributed by atoms with van der Waals surface area (Å²) in [7, 11) is 0. The maximum absolute atomic E-state index is 12.6. The van der Waals surface area contributed by atoms with Crippen molar-refractivity contribution in [3.63, 3.8) is 0 Å². The number of carbonyl (C=O) groups excluding carboxylic acids is 2. The van der Waals surface area contributed by atoms with Crippen molar-refractivity contribution >= 4 is 40.3 Å². The Kier molecular flexibility index (Phi) is 5.27. The molecule has 2 amide bonds. The summed E-state index contributed by atoms with van der Waals surface area (Å²) in [6, 6.07) is 14.7. The molecule has 9 heteroatoms. The standard InChI is InChI=1S/C24H20N6O3/c31-21(12-9-16-7-10-17(11-8-16)29-13-3-6-22(29)32)28-19-4-1-2-5-20(19)30-23-18(14-27-30)24(33)26-15-25-23/h1-2,4-5,7-12,14-15H,3,6,13H2,(H,28,31)(H,25,26,33)/b12-9+. The van der Waals surface area contributed by atoms with Gasteiger partial charge in [-0.2, -0.15) is 5.10 Å². The second kappa shape index (κ2) is 8.54. The SMILES string of the molecule is O=C(/C=C/c1ccc(N2CCCC2=O)cc1)Nc1ccccc1-n1ncc2c(=O)[nH]cnc21. The number of nitrogens with one attached hydrogen (secondary N) is 2. The van der Waals surface area contributed by atoms with Crippen molar-refractivity contribution < 1.29 is 9.59 Å². The summed E-state index contributed by atoms with van der Waals surface area (Å²) in [4.78, 5) is 45.0. The van der Waals surface area contributed by atoms with Crippen LogP contribution in [0.25, 0.3) is 22.8 Å². The van der Waals surface area contributed by atoms with Crippen LogP contribution in [-0.2, 0) is 9.59 Å². The summed E-state index contributed by atoms with van der Waals surface area (Å²) in [5.74, 6) is -0.176. The van der Waals surface area contributed by atoms with Crippen LogP contribution < -0.4 is 15.8 Å². The number of para-hydroxylation sites is 2. The van der Waals surface area contributed by atoms with Crippen molar-refractivity contribution in [3.05, 3.63) is 83.0 Å². The third-order valence-electron chi connectivity index (χ3n) is 5.47. The molecule has 9 nitrogen and oxygen atoms in total. The Morgan fingerprint density at radius 3 is 2.70 bits per heavy atom. The fourth-order valence-electron chi connectivity index (χ4n) is 3.83. The van der Waals surface area contributed by atoms with Crippen molar-refractivity contribution in [3.8, 4) is 5.69 Å². The number of aromatic nitrogens is 4. The monoisotopic (exact) mass is 440 g/mol. The Balaban J connectivity index is 1.33. The van der Waals surface area contributed by atoms with Crippen molar-refractivity contribution in [1.29, 1.82) is 0 Å². The van der Waals surface area contributed by atoms with Crippen LogP contribution in [0.1, 0.15) is 18.4 Å². The lowest BCUT2D eigenvalue weighted by molar-refractivity contribution is -0.117. The maximum Gasteiger partial charge on any atom is 0.261 e. The van der Waals surface area contributed by atoms with Crippen LogP contribution in [0.5, 0.6) is 0 Å². The molecule has 2 aromatic heterocycles. The molecule has 0 aliphatic carbocycles. The zero-order valence-corrected chi connectivity index (χ0v) is 17.6. The van der Waals surface area contributed by atoms with E-state index in [1.165, 1.54) is 23.3 Å². The van der Waals surface area contributed by atoms with Gasteiger partial charge >= 0.3 is 0 Å². The van der Waals surface area contributed by atoms with E-state index in [-0.39, 0.29) is 17.4 Å². The van der Waals surface area contributed by atoms with Crippen LogP contribution in [0.4, 0.5) is 11.4 Å².